The van der Waals surface area contributed by atoms with E-state index in [0.29, 0.717) is 11.5 Å². The predicted octanol–water partition coefficient (Wildman–Crippen LogP) is 2.33. The molecule has 19 heavy (non-hydrogen) atoms. The largest absolute Gasteiger partial charge is 0.479 e. The van der Waals surface area contributed by atoms with Crippen LogP contribution in [0.5, 0.6) is 0 Å². The number of anilines is 1. The number of aryl methyl sites for hydroxylation is 2. The van der Waals surface area contributed by atoms with Crippen LogP contribution in [0.4, 0.5) is 5.95 Å². The monoisotopic (exact) mass is 257 g/mol. The Labute approximate surface area is 111 Å². The lowest BCUT2D eigenvalue weighted by Gasteiger charge is -2.15. The van der Waals surface area contributed by atoms with E-state index in [-0.39, 0.29) is 0 Å². The third kappa shape index (κ3) is 3.28. The van der Waals surface area contributed by atoms with Crippen molar-refractivity contribution >= 4 is 11.9 Å². The van der Waals surface area contributed by atoms with E-state index in [0.717, 1.165) is 11.4 Å². The summed E-state index contributed by atoms with van der Waals surface area (Å²) >= 11 is 0. The molecule has 0 amide bonds. The van der Waals surface area contributed by atoms with Crippen LogP contribution in [-0.4, -0.2) is 21.0 Å². The van der Waals surface area contributed by atoms with E-state index in [1.165, 1.54) is 0 Å². The van der Waals surface area contributed by atoms with Crippen LogP contribution in [0.15, 0.2) is 36.4 Å². The molecule has 0 unspecified atom stereocenters. The van der Waals surface area contributed by atoms with Crippen molar-refractivity contribution in [2.45, 2.75) is 19.9 Å². The van der Waals surface area contributed by atoms with Gasteiger partial charge < -0.3 is 10.4 Å². The number of nitrogens with one attached hydrogen (secondary N) is 1. The number of rotatable bonds is 4. The van der Waals surface area contributed by atoms with Crippen molar-refractivity contribution in [3.05, 3.63) is 53.3 Å². The average molecular weight is 257 g/mol. The maximum atomic E-state index is 11.4. The summed E-state index contributed by atoms with van der Waals surface area (Å²) in [6.07, 6.45) is 0. The van der Waals surface area contributed by atoms with Gasteiger partial charge in [-0.3, -0.25) is 0 Å². The third-order valence-corrected chi connectivity index (χ3v) is 2.64. The molecule has 0 aliphatic heterocycles. The molecule has 2 aromatic rings. The van der Waals surface area contributed by atoms with Crippen LogP contribution in [0.2, 0.25) is 0 Å². The maximum absolute atomic E-state index is 11.4. The highest BCUT2D eigenvalue weighted by molar-refractivity contribution is 5.78. The van der Waals surface area contributed by atoms with Gasteiger partial charge in [-0.2, -0.15) is 0 Å². The summed E-state index contributed by atoms with van der Waals surface area (Å²) in [5.74, 6) is -0.636. The molecule has 0 saturated carbocycles. The van der Waals surface area contributed by atoms with Crippen molar-refractivity contribution in [3.63, 3.8) is 0 Å². The lowest BCUT2D eigenvalue weighted by molar-refractivity contribution is -0.138. The molecule has 2 N–H and O–H groups in total. The molecule has 1 aromatic heterocycles. The summed E-state index contributed by atoms with van der Waals surface area (Å²) in [7, 11) is 0. The second kappa shape index (κ2) is 5.48. The van der Waals surface area contributed by atoms with Gasteiger partial charge in [0.15, 0.2) is 6.04 Å². The minimum absolute atomic E-state index is 0.328. The third-order valence-electron chi connectivity index (χ3n) is 2.64. The second-order valence-corrected chi connectivity index (χ2v) is 4.30. The Morgan fingerprint density at radius 2 is 1.74 bits per heavy atom. The molecule has 0 spiro atoms. The van der Waals surface area contributed by atoms with Crippen molar-refractivity contribution in [2.24, 2.45) is 0 Å². The smallest absolute Gasteiger partial charge is 0.330 e. The topological polar surface area (TPSA) is 75.1 Å². The summed E-state index contributed by atoms with van der Waals surface area (Å²) in [6.45, 7) is 3.69. The fraction of sp³-hybridized carbons (Fsp3) is 0.214. The van der Waals surface area contributed by atoms with E-state index < -0.39 is 12.0 Å². The van der Waals surface area contributed by atoms with Crippen molar-refractivity contribution < 1.29 is 9.90 Å². The number of carboxylic acid groups (broad SMARTS) is 1. The number of hydrogen-bond donors (Lipinski definition) is 2. The van der Waals surface area contributed by atoms with E-state index >= 15 is 0 Å². The summed E-state index contributed by atoms with van der Waals surface area (Å²) < 4.78 is 0. The van der Waals surface area contributed by atoms with Crippen molar-refractivity contribution in [3.8, 4) is 0 Å². The van der Waals surface area contributed by atoms with Crippen molar-refractivity contribution in [1.82, 2.24) is 9.97 Å². The van der Waals surface area contributed by atoms with Crippen LogP contribution >= 0.6 is 0 Å². The molecule has 0 aliphatic rings. The summed E-state index contributed by atoms with van der Waals surface area (Å²) in [6, 6.07) is 9.94. The second-order valence-electron chi connectivity index (χ2n) is 4.30. The van der Waals surface area contributed by atoms with Crippen molar-refractivity contribution in [2.75, 3.05) is 5.32 Å². The number of aromatic nitrogens is 2. The molecule has 1 heterocycles. The number of aliphatic carboxylic acids is 1. The van der Waals surface area contributed by atoms with Gasteiger partial charge in [0.25, 0.3) is 0 Å². The fourth-order valence-electron chi connectivity index (χ4n) is 1.85. The standard InChI is InChI=1S/C14H15N3O2/c1-9-8-10(2)16-14(15-9)17-12(13(18)19)11-6-4-3-5-7-11/h3-8,12H,1-2H3,(H,18,19)(H,15,16,17)/t12-/m1/s1. The first kappa shape index (κ1) is 13.0. The van der Waals surface area contributed by atoms with Crippen LogP contribution < -0.4 is 5.32 Å². The molecule has 1 aromatic carbocycles. The van der Waals surface area contributed by atoms with Crippen LogP contribution in [0.25, 0.3) is 0 Å². The van der Waals surface area contributed by atoms with Crippen LogP contribution in [0, 0.1) is 13.8 Å². The van der Waals surface area contributed by atoms with Crippen LogP contribution in [-0.2, 0) is 4.79 Å². The normalized spacial score (nSPS) is 11.9. The van der Waals surface area contributed by atoms with Crippen LogP contribution in [0.1, 0.15) is 23.0 Å². The van der Waals surface area contributed by atoms with E-state index in [4.69, 9.17) is 0 Å². The Hall–Kier alpha value is -2.43. The Morgan fingerprint density at radius 1 is 1.16 bits per heavy atom. The molecular weight excluding hydrogens is 242 g/mol. The minimum atomic E-state index is -0.964. The number of nitrogens with zero attached hydrogens (tertiary/aromatic N) is 2. The minimum Gasteiger partial charge on any atom is -0.479 e. The first-order valence-corrected chi connectivity index (χ1v) is 5.93. The molecule has 2 rings (SSSR count). The molecule has 0 bridgehead atoms. The average Bonchev–Trinajstić information content (AvgIpc) is 2.35. The SMILES string of the molecule is Cc1cc(C)nc(N[C@@H](C(=O)O)c2ccccc2)n1. The number of benzene rings is 1. The Bertz CT molecular complexity index is 564. The first-order chi connectivity index (χ1) is 9.06. The summed E-state index contributed by atoms with van der Waals surface area (Å²) in [5, 5.41) is 12.2. The molecule has 5 nitrogen and oxygen atoms in total. The van der Waals surface area contributed by atoms with Gasteiger partial charge in [-0.25, -0.2) is 14.8 Å². The molecule has 1 atom stereocenters. The zero-order chi connectivity index (χ0) is 13.8. The lowest BCUT2D eigenvalue weighted by atomic mass is 10.1. The quantitative estimate of drug-likeness (QED) is 0.879. The number of carbonyl (C=O) groups is 1. The summed E-state index contributed by atoms with van der Waals surface area (Å²) in [5.41, 5.74) is 2.26. The van der Waals surface area contributed by atoms with Crippen LogP contribution in [0.3, 0.4) is 0 Å². The van der Waals surface area contributed by atoms with Gasteiger partial charge in [-0.1, -0.05) is 30.3 Å². The number of carboxylic acids is 1. The lowest BCUT2D eigenvalue weighted by Crippen LogP contribution is -2.22. The maximum Gasteiger partial charge on any atom is 0.330 e. The molecule has 0 radical (unpaired) electrons. The van der Waals surface area contributed by atoms with Gasteiger partial charge >= 0.3 is 5.97 Å². The highest BCUT2D eigenvalue weighted by Crippen LogP contribution is 2.17. The predicted molar refractivity (Wildman–Crippen MR) is 71.9 cm³/mol. The molecule has 0 saturated heterocycles. The highest BCUT2D eigenvalue weighted by Gasteiger charge is 2.20. The fourth-order valence-corrected chi connectivity index (χ4v) is 1.85. The van der Waals surface area contributed by atoms with Gasteiger partial charge in [0.05, 0.1) is 0 Å². The molecule has 0 fully saturated rings. The summed E-state index contributed by atoms with van der Waals surface area (Å²) in [4.78, 5) is 19.7. The Kier molecular flexibility index (Phi) is 3.75. The van der Waals surface area contributed by atoms with Crippen molar-refractivity contribution in [1.29, 1.82) is 0 Å². The first-order valence-electron chi connectivity index (χ1n) is 5.93. The van der Waals surface area contributed by atoms with E-state index in [1.54, 1.807) is 24.3 Å². The highest BCUT2D eigenvalue weighted by atomic mass is 16.4. The van der Waals surface area contributed by atoms with Gasteiger partial charge in [0, 0.05) is 11.4 Å². The van der Waals surface area contributed by atoms with E-state index in [1.807, 2.05) is 26.0 Å². The van der Waals surface area contributed by atoms with Gasteiger partial charge in [-0.05, 0) is 25.5 Å². The van der Waals surface area contributed by atoms with E-state index in [2.05, 4.69) is 15.3 Å². The Morgan fingerprint density at radius 3 is 2.26 bits per heavy atom. The molecule has 98 valence electrons. The molecular formula is C14H15N3O2. The van der Waals surface area contributed by atoms with Gasteiger partial charge in [-0.15, -0.1) is 0 Å². The van der Waals surface area contributed by atoms with Gasteiger partial charge in [0.2, 0.25) is 5.95 Å². The van der Waals surface area contributed by atoms with E-state index in [9.17, 15) is 9.90 Å². The number of hydrogen-bond acceptors (Lipinski definition) is 4. The Balaban J connectivity index is 2.29. The zero-order valence-corrected chi connectivity index (χ0v) is 10.8. The zero-order valence-electron chi connectivity index (χ0n) is 10.8. The molecule has 5 heteroatoms. The van der Waals surface area contributed by atoms with Gasteiger partial charge in [0.1, 0.15) is 0 Å². The molecule has 0 aliphatic carbocycles.